The van der Waals surface area contributed by atoms with Gasteiger partial charge in [0.25, 0.3) is 0 Å². The SMILES string of the molecule is CNC(=O)C1C2C=CC(C2)C1Nc1nc(Nc2ccc3c(c2)OCCN3CCN(C)C)ncc1F. The molecule has 10 heteroatoms. The molecule has 2 aromatic rings. The zero-order valence-electron chi connectivity index (χ0n) is 20.3. The molecule has 4 atom stereocenters. The molecule has 5 rings (SSSR count). The summed E-state index contributed by atoms with van der Waals surface area (Å²) in [5, 5.41) is 9.10. The summed E-state index contributed by atoms with van der Waals surface area (Å²) in [6.45, 7) is 3.34. The summed E-state index contributed by atoms with van der Waals surface area (Å²) < 4.78 is 20.5. The minimum absolute atomic E-state index is 0.0409. The number of nitrogens with one attached hydrogen (secondary N) is 3. The Morgan fingerprint density at radius 3 is 2.91 bits per heavy atom. The van der Waals surface area contributed by atoms with Crippen LogP contribution in [-0.4, -0.2) is 74.2 Å². The van der Waals surface area contributed by atoms with Gasteiger partial charge in [0.15, 0.2) is 11.6 Å². The van der Waals surface area contributed by atoms with Gasteiger partial charge < -0.3 is 30.5 Å². The Hall–Kier alpha value is -3.40. The van der Waals surface area contributed by atoms with E-state index in [0.717, 1.165) is 49.4 Å². The number of carbonyl (C=O) groups is 1. The van der Waals surface area contributed by atoms with Crippen molar-refractivity contribution in [2.45, 2.75) is 12.5 Å². The molecular weight excluding hydrogens is 449 g/mol. The van der Waals surface area contributed by atoms with Gasteiger partial charge in [-0.2, -0.15) is 4.98 Å². The molecule has 186 valence electrons. The summed E-state index contributed by atoms with van der Waals surface area (Å²) in [6.07, 6.45) is 6.22. The van der Waals surface area contributed by atoms with E-state index >= 15 is 0 Å². The fourth-order valence-electron chi connectivity index (χ4n) is 5.27. The number of likely N-dealkylation sites (N-methyl/N-ethyl adjacent to an activating group) is 1. The van der Waals surface area contributed by atoms with Crippen LogP contribution in [0.3, 0.4) is 0 Å². The largest absolute Gasteiger partial charge is 0.489 e. The number of hydrogen-bond acceptors (Lipinski definition) is 8. The van der Waals surface area contributed by atoms with Gasteiger partial charge in [-0.1, -0.05) is 12.2 Å². The highest BCUT2D eigenvalue weighted by Gasteiger charge is 2.48. The van der Waals surface area contributed by atoms with E-state index in [2.05, 4.69) is 62.0 Å². The molecule has 2 bridgehead atoms. The lowest BCUT2D eigenvalue weighted by atomic mass is 9.88. The molecule has 3 N–H and O–H groups in total. The molecule has 1 aromatic carbocycles. The van der Waals surface area contributed by atoms with Crippen LogP contribution in [0.25, 0.3) is 0 Å². The number of allylic oxidation sites excluding steroid dienone is 1. The maximum atomic E-state index is 14.6. The van der Waals surface area contributed by atoms with Crippen LogP contribution in [-0.2, 0) is 4.79 Å². The first-order valence-electron chi connectivity index (χ1n) is 12.1. The summed E-state index contributed by atoms with van der Waals surface area (Å²) in [7, 11) is 5.76. The molecule has 1 aliphatic heterocycles. The van der Waals surface area contributed by atoms with Crippen LogP contribution in [0.15, 0.2) is 36.5 Å². The van der Waals surface area contributed by atoms with Crippen LogP contribution in [0.1, 0.15) is 6.42 Å². The molecule has 3 aliphatic rings. The van der Waals surface area contributed by atoms with E-state index in [1.165, 1.54) is 0 Å². The molecular formula is C25H32FN7O2. The summed E-state index contributed by atoms with van der Waals surface area (Å²) in [6, 6.07) is 5.66. The van der Waals surface area contributed by atoms with Gasteiger partial charge in [-0.3, -0.25) is 4.79 Å². The van der Waals surface area contributed by atoms with Crippen molar-refractivity contribution in [2.75, 3.05) is 62.9 Å². The molecule has 1 saturated carbocycles. The summed E-state index contributed by atoms with van der Waals surface area (Å²) in [5.41, 5.74) is 1.80. The Labute approximate surface area is 204 Å². The van der Waals surface area contributed by atoms with Gasteiger partial charge in [-0.15, -0.1) is 0 Å². The van der Waals surface area contributed by atoms with E-state index in [0.29, 0.717) is 6.61 Å². The minimum atomic E-state index is -0.553. The van der Waals surface area contributed by atoms with Crippen molar-refractivity contribution in [1.82, 2.24) is 20.2 Å². The van der Waals surface area contributed by atoms with Crippen LogP contribution in [0.5, 0.6) is 5.75 Å². The van der Waals surface area contributed by atoms with E-state index < -0.39 is 5.82 Å². The molecule has 1 fully saturated rings. The Morgan fingerprint density at radius 2 is 2.11 bits per heavy atom. The highest BCUT2D eigenvalue weighted by Crippen LogP contribution is 2.45. The number of rotatable bonds is 8. The number of carbonyl (C=O) groups excluding carboxylic acids is 1. The van der Waals surface area contributed by atoms with E-state index in [9.17, 15) is 9.18 Å². The molecule has 2 aliphatic carbocycles. The molecule has 4 unspecified atom stereocenters. The van der Waals surface area contributed by atoms with Gasteiger partial charge in [0.2, 0.25) is 11.9 Å². The quantitative estimate of drug-likeness (QED) is 0.495. The standard InChI is InChI=1S/C25H32FN7O2/c1-27-24(34)21-15-4-5-16(12-15)22(21)30-23-18(26)14-28-25(31-23)29-17-6-7-19-20(13-17)35-11-10-33(19)9-8-32(2)3/h4-7,13-16,21-22H,8-12H2,1-3H3,(H,27,34)(H2,28,29,30,31). The Balaban J connectivity index is 1.32. The Kier molecular flexibility index (Phi) is 6.46. The monoisotopic (exact) mass is 481 g/mol. The van der Waals surface area contributed by atoms with Crippen molar-refractivity contribution in [2.24, 2.45) is 17.8 Å². The van der Waals surface area contributed by atoms with Crippen molar-refractivity contribution >= 4 is 29.0 Å². The number of nitrogens with zero attached hydrogens (tertiary/aromatic N) is 4. The third-order valence-electron chi connectivity index (χ3n) is 7.05. The number of amides is 1. The van der Waals surface area contributed by atoms with Gasteiger partial charge in [0, 0.05) is 37.9 Å². The van der Waals surface area contributed by atoms with E-state index in [-0.39, 0.29) is 41.5 Å². The average Bonchev–Trinajstić information content (AvgIpc) is 3.46. The predicted molar refractivity (Wildman–Crippen MR) is 134 cm³/mol. The number of benzene rings is 1. The number of ether oxygens (including phenoxy) is 1. The third kappa shape index (κ3) is 4.75. The molecule has 2 heterocycles. The van der Waals surface area contributed by atoms with Gasteiger partial charge in [-0.05, 0) is 44.5 Å². The van der Waals surface area contributed by atoms with Crippen molar-refractivity contribution in [3.05, 3.63) is 42.4 Å². The number of aromatic nitrogens is 2. The van der Waals surface area contributed by atoms with Crippen LogP contribution in [0, 0.1) is 23.6 Å². The third-order valence-corrected chi connectivity index (χ3v) is 7.05. The van der Waals surface area contributed by atoms with Crippen LogP contribution >= 0.6 is 0 Å². The molecule has 9 nitrogen and oxygen atoms in total. The first-order chi connectivity index (χ1) is 16.9. The first kappa shape index (κ1) is 23.3. The summed E-state index contributed by atoms with van der Waals surface area (Å²) >= 11 is 0. The van der Waals surface area contributed by atoms with Crippen molar-refractivity contribution < 1.29 is 13.9 Å². The number of hydrogen-bond donors (Lipinski definition) is 3. The van der Waals surface area contributed by atoms with Crippen LogP contribution in [0.4, 0.5) is 27.5 Å². The molecule has 35 heavy (non-hydrogen) atoms. The molecule has 0 saturated heterocycles. The molecule has 0 spiro atoms. The zero-order valence-corrected chi connectivity index (χ0v) is 20.3. The van der Waals surface area contributed by atoms with Crippen molar-refractivity contribution in [3.63, 3.8) is 0 Å². The van der Waals surface area contributed by atoms with Gasteiger partial charge in [-0.25, -0.2) is 9.37 Å². The maximum Gasteiger partial charge on any atom is 0.229 e. The van der Waals surface area contributed by atoms with Crippen LogP contribution < -0.4 is 25.6 Å². The second kappa shape index (κ2) is 9.69. The summed E-state index contributed by atoms with van der Waals surface area (Å²) in [4.78, 5) is 25.4. The predicted octanol–water partition coefficient (Wildman–Crippen LogP) is 2.47. The highest BCUT2D eigenvalue weighted by molar-refractivity contribution is 5.81. The number of anilines is 4. The topological polar surface area (TPSA) is 94.6 Å². The molecule has 0 radical (unpaired) electrons. The zero-order chi connectivity index (χ0) is 24.5. The Morgan fingerprint density at radius 1 is 1.29 bits per heavy atom. The van der Waals surface area contributed by atoms with Crippen molar-refractivity contribution in [1.29, 1.82) is 0 Å². The van der Waals surface area contributed by atoms with E-state index in [4.69, 9.17) is 4.74 Å². The minimum Gasteiger partial charge on any atom is -0.489 e. The highest BCUT2D eigenvalue weighted by atomic mass is 19.1. The lowest BCUT2D eigenvalue weighted by molar-refractivity contribution is -0.125. The van der Waals surface area contributed by atoms with Crippen molar-refractivity contribution in [3.8, 4) is 5.75 Å². The smallest absolute Gasteiger partial charge is 0.229 e. The fraction of sp³-hybridized carbons (Fsp3) is 0.480. The van der Waals surface area contributed by atoms with E-state index in [1.807, 2.05) is 18.2 Å². The fourth-order valence-corrected chi connectivity index (χ4v) is 5.27. The van der Waals surface area contributed by atoms with E-state index in [1.54, 1.807) is 7.05 Å². The Bertz CT molecular complexity index is 1120. The average molecular weight is 482 g/mol. The lowest BCUT2D eigenvalue weighted by Gasteiger charge is -2.32. The maximum absolute atomic E-state index is 14.6. The first-order valence-corrected chi connectivity index (χ1v) is 12.1. The lowest BCUT2D eigenvalue weighted by Crippen LogP contribution is -2.42. The van der Waals surface area contributed by atoms with Gasteiger partial charge in [0.05, 0.1) is 24.3 Å². The van der Waals surface area contributed by atoms with Gasteiger partial charge >= 0.3 is 0 Å². The van der Waals surface area contributed by atoms with Crippen LogP contribution in [0.2, 0.25) is 0 Å². The number of halogens is 1. The summed E-state index contributed by atoms with van der Waals surface area (Å²) in [5.74, 6) is 0.630. The second-order valence-corrected chi connectivity index (χ2v) is 9.59. The normalized spacial score (nSPS) is 24.3. The molecule has 1 amide bonds. The van der Waals surface area contributed by atoms with Gasteiger partial charge in [0.1, 0.15) is 12.4 Å². The molecule has 1 aromatic heterocycles. The number of fused-ring (bicyclic) bond motifs is 3. The second-order valence-electron chi connectivity index (χ2n) is 9.59.